The first-order chi connectivity index (χ1) is 10.1. The molecular weight excluding hydrogens is 377 g/mol. The number of hydrogen-bond donors (Lipinski definition) is 1. The number of carbonyl (C=O) groups is 1. The van der Waals surface area contributed by atoms with Gasteiger partial charge < -0.3 is 9.73 Å². The van der Waals surface area contributed by atoms with Crippen LogP contribution in [0.15, 0.2) is 46.9 Å². The summed E-state index contributed by atoms with van der Waals surface area (Å²) in [5.74, 6) is 0.750. The number of anilines is 1. The number of aryl methyl sites for hydroxylation is 2. The molecule has 1 heterocycles. The Morgan fingerprint density at radius 2 is 1.86 bits per heavy atom. The van der Waals surface area contributed by atoms with Crippen LogP contribution in [0.4, 0.5) is 5.69 Å². The van der Waals surface area contributed by atoms with E-state index in [-0.39, 0.29) is 5.91 Å². The number of rotatable bonds is 2. The van der Waals surface area contributed by atoms with E-state index in [4.69, 9.17) is 4.42 Å². The van der Waals surface area contributed by atoms with Crippen molar-refractivity contribution in [1.82, 2.24) is 0 Å². The summed E-state index contributed by atoms with van der Waals surface area (Å²) in [4.78, 5) is 12.4. The molecule has 106 valence electrons. The van der Waals surface area contributed by atoms with Gasteiger partial charge in [0.2, 0.25) is 0 Å². The van der Waals surface area contributed by atoms with Crippen LogP contribution in [0.3, 0.4) is 0 Å². The number of nitrogens with one attached hydrogen (secondary N) is 1. The van der Waals surface area contributed by atoms with Gasteiger partial charge in [0.25, 0.3) is 5.91 Å². The first-order valence-corrected chi connectivity index (χ1v) is 7.70. The van der Waals surface area contributed by atoms with Gasteiger partial charge in [-0.1, -0.05) is 24.3 Å². The van der Waals surface area contributed by atoms with Crippen molar-refractivity contribution in [2.75, 3.05) is 5.32 Å². The average Bonchev–Trinajstić information content (AvgIpc) is 2.76. The quantitative estimate of drug-likeness (QED) is 0.631. The zero-order valence-electron chi connectivity index (χ0n) is 11.7. The summed E-state index contributed by atoms with van der Waals surface area (Å²) in [6.07, 6.45) is 0. The van der Waals surface area contributed by atoms with E-state index in [0.29, 0.717) is 11.3 Å². The molecular formula is C17H14INO2. The zero-order valence-corrected chi connectivity index (χ0v) is 13.9. The van der Waals surface area contributed by atoms with Crippen LogP contribution in [0.5, 0.6) is 0 Å². The molecule has 0 unspecified atom stereocenters. The largest absolute Gasteiger partial charge is 0.459 e. The fourth-order valence-electron chi connectivity index (χ4n) is 2.29. The molecule has 0 fully saturated rings. The molecule has 0 aliphatic rings. The van der Waals surface area contributed by atoms with E-state index in [2.05, 4.69) is 27.9 Å². The Bertz CT molecular complexity index is 836. The Labute approximate surface area is 136 Å². The minimum absolute atomic E-state index is 0.126. The highest BCUT2D eigenvalue weighted by molar-refractivity contribution is 14.1. The fourth-order valence-corrected chi connectivity index (χ4v) is 2.93. The van der Waals surface area contributed by atoms with Crippen LogP contribution in [0.25, 0.3) is 11.0 Å². The number of furan rings is 1. The molecule has 4 heteroatoms. The van der Waals surface area contributed by atoms with Gasteiger partial charge in [0.1, 0.15) is 5.76 Å². The maximum Gasteiger partial charge on any atom is 0.256 e. The molecule has 0 saturated carbocycles. The van der Waals surface area contributed by atoms with Gasteiger partial charge in [-0.3, -0.25) is 4.79 Å². The number of fused-ring (bicyclic) bond motifs is 1. The average molecular weight is 391 g/mol. The molecule has 21 heavy (non-hydrogen) atoms. The highest BCUT2D eigenvalue weighted by Gasteiger charge is 2.14. The number of carbonyl (C=O) groups excluding carboxylic acids is 1. The normalized spacial score (nSPS) is 10.8. The lowest BCUT2D eigenvalue weighted by molar-refractivity contribution is 0.102. The molecule has 0 saturated heterocycles. The van der Waals surface area contributed by atoms with Gasteiger partial charge in [0.05, 0.1) is 11.3 Å². The van der Waals surface area contributed by atoms with Crippen molar-refractivity contribution in [1.29, 1.82) is 0 Å². The summed E-state index contributed by atoms with van der Waals surface area (Å²) in [5, 5.41) is 3.98. The smallest absolute Gasteiger partial charge is 0.256 e. The first-order valence-electron chi connectivity index (χ1n) is 6.62. The predicted molar refractivity (Wildman–Crippen MR) is 92.8 cm³/mol. The van der Waals surface area contributed by atoms with Gasteiger partial charge in [0.15, 0.2) is 5.58 Å². The molecule has 1 aromatic heterocycles. The van der Waals surface area contributed by atoms with Gasteiger partial charge in [-0.2, -0.15) is 0 Å². The molecule has 2 aromatic carbocycles. The van der Waals surface area contributed by atoms with Crippen molar-refractivity contribution in [2.45, 2.75) is 13.8 Å². The second-order valence-corrected chi connectivity index (χ2v) is 6.06. The van der Waals surface area contributed by atoms with Crippen molar-refractivity contribution in [3.63, 3.8) is 0 Å². The van der Waals surface area contributed by atoms with E-state index in [1.165, 1.54) is 0 Å². The van der Waals surface area contributed by atoms with E-state index in [0.717, 1.165) is 25.9 Å². The molecule has 0 bridgehead atoms. The number of amides is 1. The third kappa shape index (κ3) is 2.55. The zero-order chi connectivity index (χ0) is 15.0. The molecule has 0 atom stereocenters. The second kappa shape index (κ2) is 5.52. The summed E-state index contributed by atoms with van der Waals surface area (Å²) in [6.45, 7) is 3.95. The lowest BCUT2D eigenvalue weighted by Crippen LogP contribution is -2.13. The van der Waals surface area contributed by atoms with Crippen molar-refractivity contribution >= 4 is 45.2 Å². The number of hydrogen-bond acceptors (Lipinski definition) is 2. The third-order valence-electron chi connectivity index (χ3n) is 3.57. The van der Waals surface area contributed by atoms with E-state index in [9.17, 15) is 4.79 Å². The lowest BCUT2D eigenvalue weighted by atomic mass is 10.1. The monoisotopic (exact) mass is 391 g/mol. The molecule has 0 spiro atoms. The molecule has 3 rings (SSSR count). The third-order valence-corrected chi connectivity index (χ3v) is 4.51. The van der Waals surface area contributed by atoms with E-state index in [1.54, 1.807) is 0 Å². The van der Waals surface area contributed by atoms with Crippen LogP contribution >= 0.6 is 22.6 Å². The SMILES string of the molecule is Cc1oc2c(NC(=O)c3ccccc3I)cccc2c1C. The lowest BCUT2D eigenvalue weighted by Gasteiger charge is -2.07. The molecule has 1 N–H and O–H groups in total. The highest BCUT2D eigenvalue weighted by Crippen LogP contribution is 2.30. The number of benzene rings is 2. The standard InChI is InChI=1S/C17H14INO2/c1-10-11(2)21-16-12(10)7-5-9-15(16)19-17(20)13-6-3-4-8-14(13)18/h3-9H,1-2H3,(H,19,20). The summed E-state index contributed by atoms with van der Waals surface area (Å²) in [7, 11) is 0. The maximum atomic E-state index is 12.4. The van der Waals surface area contributed by atoms with Crippen molar-refractivity contribution in [3.05, 3.63) is 62.9 Å². The minimum Gasteiger partial charge on any atom is -0.459 e. The minimum atomic E-state index is -0.126. The van der Waals surface area contributed by atoms with E-state index >= 15 is 0 Å². The maximum absolute atomic E-state index is 12.4. The molecule has 0 aliphatic carbocycles. The van der Waals surface area contributed by atoms with Crippen LogP contribution in [0.1, 0.15) is 21.7 Å². The number of para-hydroxylation sites is 1. The van der Waals surface area contributed by atoms with E-state index in [1.807, 2.05) is 56.3 Å². The first kappa shape index (κ1) is 14.1. The van der Waals surface area contributed by atoms with Crippen LogP contribution < -0.4 is 5.32 Å². The summed E-state index contributed by atoms with van der Waals surface area (Å²) in [6, 6.07) is 13.3. The predicted octanol–water partition coefficient (Wildman–Crippen LogP) is 4.91. The second-order valence-electron chi connectivity index (χ2n) is 4.90. The van der Waals surface area contributed by atoms with Crippen LogP contribution in [-0.4, -0.2) is 5.91 Å². The van der Waals surface area contributed by atoms with Gasteiger partial charge >= 0.3 is 0 Å². The van der Waals surface area contributed by atoms with Gasteiger partial charge in [-0.15, -0.1) is 0 Å². The van der Waals surface area contributed by atoms with Gasteiger partial charge in [0, 0.05) is 8.96 Å². The van der Waals surface area contributed by atoms with Crippen molar-refractivity contribution < 1.29 is 9.21 Å². The summed E-state index contributed by atoms with van der Waals surface area (Å²) < 4.78 is 6.70. The molecule has 1 amide bonds. The van der Waals surface area contributed by atoms with Gasteiger partial charge in [-0.05, 0) is 60.2 Å². The topological polar surface area (TPSA) is 42.2 Å². The van der Waals surface area contributed by atoms with Crippen LogP contribution in [0.2, 0.25) is 0 Å². The van der Waals surface area contributed by atoms with Gasteiger partial charge in [-0.25, -0.2) is 0 Å². The molecule has 0 aliphatic heterocycles. The van der Waals surface area contributed by atoms with E-state index < -0.39 is 0 Å². The Kier molecular flexibility index (Phi) is 3.71. The van der Waals surface area contributed by atoms with Crippen LogP contribution in [-0.2, 0) is 0 Å². The van der Waals surface area contributed by atoms with Crippen molar-refractivity contribution in [2.24, 2.45) is 0 Å². The highest BCUT2D eigenvalue weighted by atomic mass is 127. The molecule has 0 radical (unpaired) electrons. The van der Waals surface area contributed by atoms with Crippen LogP contribution in [0, 0.1) is 17.4 Å². The Balaban J connectivity index is 2.01. The summed E-state index contributed by atoms with van der Waals surface area (Å²) in [5.41, 5.74) is 3.20. The summed E-state index contributed by atoms with van der Waals surface area (Å²) >= 11 is 2.16. The number of halogens is 1. The molecule has 3 nitrogen and oxygen atoms in total. The Morgan fingerprint density at radius 1 is 1.10 bits per heavy atom. The fraction of sp³-hybridized carbons (Fsp3) is 0.118. The Hall–Kier alpha value is -1.82. The van der Waals surface area contributed by atoms with Crippen molar-refractivity contribution in [3.8, 4) is 0 Å². The Morgan fingerprint density at radius 3 is 2.62 bits per heavy atom. The molecule has 3 aromatic rings.